The summed E-state index contributed by atoms with van der Waals surface area (Å²) >= 11 is 0. The van der Waals surface area contributed by atoms with Crippen molar-refractivity contribution in [3.63, 3.8) is 0 Å². The summed E-state index contributed by atoms with van der Waals surface area (Å²) in [7, 11) is 1.89. The fourth-order valence-corrected chi connectivity index (χ4v) is 2.91. The highest BCUT2D eigenvalue weighted by atomic mass is 19.1. The second kappa shape index (κ2) is 7.19. The summed E-state index contributed by atoms with van der Waals surface area (Å²) in [6.07, 6.45) is 3.70. The average Bonchev–Trinajstić information content (AvgIpc) is 2.43. The van der Waals surface area contributed by atoms with E-state index < -0.39 is 0 Å². The van der Waals surface area contributed by atoms with Gasteiger partial charge in [0.1, 0.15) is 5.82 Å². The van der Waals surface area contributed by atoms with Crippen molar-refractivity contribution in [3.05, 3.63) is 35.1 Å². The van der Waals surface area contributed by atoms with Crippen LogP contribution < -0.4 is 5.32 Å². The molecule has 3 heteroatoms. The van der Waals surface area contributed by atoms with E-state index in [1.54, 1.807) is 0 Å². The molecule has 112 valence electrons. The summed E-state index contributed by atoms with van der Waals surface area (Å²) in [6.45, 7) is 5.73. The van der Waals surface area contributed by atoms with Gasteiger partial charge in [-0.25, -0.2) is 4.39 Å². The zero-order chi connectivity index (χ0) is 14.5. The predicted octanol–water partition coefficient (Wildman–Crippen LogP) is 3.89. The van der Waals surface area contributed by atoms with Crippen LogP contribution in [0, 0.1) is 17.7 Å². The van der Waals surface area contributed by atoms with E-state index in [0.717, 1.165) is 30.9 Å². The van der Waals surface area contributed by atoms with Crippen LogP contribution in [-0.4, -0.2) is 13.2 Å². The first-order valence-electron chi connectivity index (χ1n) is 7.63. The van der Waals surface area contributed by atoms with Crippen LogP contribution in [0.1, 0.15) is 44.2 Å². The van der Waals surface area contributed by atoms with Crippen molar-refractivity contribution < 1.29 is 9.13 Å². The Labute approximate surface area is 121 Å². The van der Waals surface area contributed by atoms with E-state index in [4.69, 9.17) is 4.74 Å². The summed E-state index contributed by atoms with van der Waals surface area (Å²) in [5.41, 5.74) is 1.77. The van der Waals surface area contributed by atoms with Gasteiger partial charge in [-0.15, -0.1) is 0 Å². The molecule has 3 atom stereocenters. The largest absolute Gasteiger partial charge is 0.373 e. The number of hydrogen-bond acceptors (Lipinski definition) is 2. The standard InChI is InChI=1S/C17H26FNO/c1-12-4-6-16(8-13(12)2)20-11-15-9-14(10-19-3)5-7-17(15)18/h5,7,9,12-13,16,19H,4,6,8,10-11H2,1-3H3. The summed E-state index contributed by atoms with van der Waals surface area (Å²) in [5.74, 6) is 1.32. The Morgan fingerprint density at radius 2 is 2.05 bits per heavy atom. The molecule has 0 spiro atoms. The number of benzene rings is 1. The Hall–Kier alpha value is -0.930. The molecule has 2 rings (SSSR count). The molecule has 1 fully saturated rings. The quantitative estimate of drug-likeness (QED) is 0.883. The maximum Gasteiger partial charge on any atom is 0.128 e. The molecule has 0 aromatic heterocycles. The first-order chi connectivity index (χ1) is 9.60. The SMILES string of the molecule is CNCc1ccc(F)c(COC2CCC(C)C(C)C2)c1. The molecule has 1 aromatic carbocycles. The predicted molar refractivity (Wildman–Crippen MR) is 79.9 cm³/mol. The molecule has 3 unspecified atom stereocenters. The van der Waals surface area contributed by atoms with Gasteiger partial charge < -0.3 is 10.1 Å². The normalized spacial score (nSPS) is 26.7. The molecule has 20 heavy (non-hydrogen) atoms. The summed E-state index contributed by atoms with van der Waals surface area (Å²) < 4.78 is 19.7. The third-order valence-electron chi connectivity index (χ3n) is 4.52. The number of halogens is 1. The van der Waals surface area contributed by atoms with E-state index in [-0.39, 0.29) is 11.9 Å². The lowest BCUT2D eigenvalue weighted by molar-refractivity contribution is -0.00848. The molecule has 1 aliphatic carbocycles. The lowest BCUT2D eigenvalue weighted by atomic mass is 9.80. The molecule has 2 nitrogen and oxygen atoms in total. The van der Waals surface area contributed by atoms with Crippen molar-refractivity contribution in [2.45, 2.75) is 52.4 Å². The monoisotopic (exact) mass is 279 g/mol. The molecule has 1 aromatic rings. The van der Waals surface area contributed by atoms with Crippen LogP contribution in [-0.2, 0) is 17.9 Å². The van der Waals surface area contributed by atoms with Crippen LogP contribution in [0.25, 0.3) is 0 Å². The molecule has 0 radical (unpaired) electrons. The van der Waals surface area contributed by atoms with Crippen LogP contribution in [0.3, 0.4) is 0 Å². The highest BCUT2D eigenvalue weighted by Gasteiger charge is 2.25. The minimum Gasteiger partial charge on any atom is -0.373 e. The summed E-state index contributed by atoms with van der Waals surface area (Å²) in [4.78, 5) is 0. The zero-order valence-corrected chi connectivity index (χ0v) is 12.8. The van der Waals surface area contributed by atoms with E-state index >= 15 is 0 Å². The molecule has 0 amide bonds. The third kappa shape index (κ3) is 4.03. The van der Waals surface area contributed by atoms with Crippen LogP contribution in [0.15, 0.2) is 18.2 Å². The number of rotatable bonds is 5. The van der Waals surface area contributed by atoms with Gasteiger partial charge in [0, 0.05) is 12.1 Å². The van der Waals surface area contributed by atoms with Crippen molar-refractivity contribution in [2.75, 3.05) is 7.05 Å². The molecule has 1 N–H and O–H groups in total. The Kier molecular flexibility index (Phi) is 5.55. The second-order valence-corrected chi connectivity index (χ2v) is 6.16. The smallest absolute Gasteiger partial charge is 0.128 e. The lowest BCUT2D eigenvalue weighted by Crippen LogP contribution is -2.26. The Bertz CT molecular complexity index is 435. The Balaban J connectivity index is 1.91. The molecular formula is C17H26FNO. The van der Waals surface area contributed by atoms with Crippen molar-refractivity contribution in [1.29, 1.82) is 0 Å². The molecular weight excluding hydrogens is 253 g/mol. The van der Waals surface area contributed by atoms with Gasteiger partial charge in [-0.3, -0.25) is 0 Å². The molecule has 0 bridgehead atoms. The fraction of sp³-hybridized carbons (Fsp3) is 0.647. The van der Waals surface area contributed by atoms with Gasteiger partial charge in [0.25, 0.3) is 0 Å². The first kappa shape index (κ1) is 15.5. The first-order valence-corrected chi connectivity index (χ1v) is 7.63. The zero-order valence-electron chi connectivity index (χ0n) is 12.8. The van der Waals surface area contributed by atoms with E-state index in [1.807, 2.05) is 19.2 Å². The van der Waals surface area contributed by atoms with Crippen LogP contribution in [0.5, 0.6) is 0 Å². The third-order valence-corrected chi connectivity index (χ3v) is 4.52. The molecule has 1 saturated carbocycles. The van der Waals surface area contributed by atoms with Crippen LogP contribution in [0.2, 0.25) is 0 Å². The molecule has 0 saturated heterocycles. The lowest BCUT2D eigenvalue weighted by Gasteiger charge is -2.32. The van der Waals surface area contributed by atoms with E-state index in [2.05, 4.69) is 19.2 Å². The Morgan fingerprint density at radius 3 is 2.75 bits per heavy atom. The number of ether oxygens (including phenoxy) is 1. The fourth-order valence-electron chi connectivity index (χ4n) is 2.91. The highest BCUT2D eigenvalue weighted by Crippen LogP contribution is 2.31. The van der Waals surface area contributed by atoms with Gasteiger partial charge in [0.2, 0.25) is 0 Å². The van der Waals surface area contributed by atoms with Gasteiger partial charge in [0.05, 0.1) is 12.7 Å². The van der Waals surface area contributed by atoms with Gasteiger partial charge in [-0.2, -0.15) is 0 Å². The van der Waals surface area contributed by atoms with E-state index in [9.17, 15) is 4.39 Å². The number of hydrogen-bond donors (Lipinski definition) is 1. The van der Waals surface area contributed by atoms with Crippen molar-refractivity contribution >= 4 is 0 Å². The Morgan fingerprint density at radius 1 is 1.25 bits per heavy atom. The maximum atomic E-state index is 13.8. The van der Waals surface area contributed by atoms with Gasteiger partial charge >= 0.3 is 0 Å². The van der Waals surface area contributed by atoms with Crippen LogP contribution >= 0.6 is 0 Å². The minimum absolute atomic E-state index is 0.165. The van der Waals surface area contributed by atoms with Crippen molar-refractivity contribution in [3.8, 4) is 0 Å². The minimum atomic E-state index is -0.165. The molecule has 0 heterocycles. The molecule has 0 aliphatic heterocycles. The van der Waals surface area contributed by atoms with Crippen molar-refractivity contribution in [1.82, 2.24) is 5.32 Å². The summed E-state index contributed by atoms with van der Waals surface area (Å²) in [6, 6.07) is 5.26. The maximum absolute atomic E-state index is 13.8. The average molecular weight is 279 g/mol. The van der Waals surface area contributed by atoms with Gasteiger partial charge in [-0.05, 0) is 55.8 Å². The van der Waals surface area contributed by atoms with Crippen molar-refractivity contribution in [2.24, 2.45) is 11.8 Å². The topological polar surface area (TPSA) is 21.3 Å². The highest BCUT2D eigenvalue weighted by molar-refractivity contribution is 5.24. The van der Waals surface area contributed by atoms with E-state index in [1.165, 1.54) is 12.5 Å². The molecule has 1 aliphatic rings. The van der Waals surface area contributed by atoms with Gasteiger partial charge in [-0.1, -0.05) is 19.9 Å². The number of nitrogens with one attached hydrogen (secondary N) is 1. The van der Waals surface area contributed by atoms with Gasteiger partial charge in [0.15, 0.2) is 0 Å². The van der Waals surface area contributed by atoms with Crippen LogP contribution in [0.4, 0.5) is 4.39 Å². The van der Waals surface area contributed by atoms with E-state index in [0.29, 0.717) is 18.1 Å². The second-order valence-electron chi connectivity index (χ2n) is 6.16. The summed E-state index contributed by atoms with van der Waals surface area (Å²) in [5, 5.41) is 3.08.